The van der Waals surface area contributed by atoms with E-state index in [9.17, 15) is 22.4 Å². The maximum Gasteiger partial charge on any atom is 0.434 e. The SMILES string of the molecule is O=C(Nc1nc(-c2ccccn2)cs1)c1cnn(-c2ccccc2F)c1C(F)(F)F. The highest BCUT2D eigenvalue weighted by atomic mass is 32.1. The number of carbonyl (C=O) groups excluding carboxylic acids is 1. The van der Waals surface area contributed by atoms with Crippen molar-refractivity contribution >= 4 is 22.4 Å². The average Bonchev–Trinajstić information content (AvgIpc) is 3.36. The lowest BCUT2D eigenvalue weighted by molar-refractivity contribution is -0.143. The first-order valence-electron chi connectivity index (χ1n) is 8.43. The molecule has 1 aromatic carbocycles. The van der Waals surface area contributed by atoms with Gasteiger partial charge in [-0.05, 0) is 24.3 Å². The number of anilines is 1. The molecule has 4 aromatic rings. The van der Waals surface area contributed by atoms with Gasteiger partial charge in [0.25, 0.3) is 5.91 Å². The number of benzene rings is 1. The highest BCUT2D eigenvalue weighted by molar-refractivity contribution is 7.14. The van der Waals surface area contributed by atoms with Crippen LogP contribution in [0, 0.1) is 5.82 Å². The summed E-state index contributed by atoms with van der Waals surface area (Å²) in [7, 11) is 0. The lowest BCUT2D eigenvalue weighted by Gasteiger charge is -2.13. The molecule has 4 rings (SSSR count). The first-order valence-corrected chi connectivity index (χ1v) is 9.31. The minimum Gasteiger partial charge on any atom is -0.298 e. The van der Waals surface area contributed by atoms with Crippen molar-refractivity contribution < 1.29 is 22.4 Å². The van der Waals surface area contributed by atoms with E-state index in [0.29, 0.717) is 16.1 Å². The third kappa shape index (κ3) is 3.79. The normalized spacial score (nSPS) is 11.5. The molecule has 0 spiro atoms. The molecular weight excluding hydrogens is 422 g/mol. The Morgan fingerprint density at radius 1 is 1.07 bits per heavy atom. The number of halogens is 4. The summed E-state index contributed by atoms with van der Waals surface area (Å²) in [5, 5.41) is 7.64. The van der Waals surface area contributed by atoms with E-state index in [1.165, 1.54) is 12.1 Å². The third-order valence-corrected chi connectivity index (χ3v) is 4.77. The quantitative estimate of drug-likeness (QED) is 0.469. The molecule has 0 fully saturated rings. The summed E-state index contributed by atoms with van der Waals surface area (Å²) in [5.74, 6) is -1.97. The molecule has 6 nitrogen and oxygen atoms in total. The molecule has 0 saturated heterocycles. The monoisotopic (exact) mass is 433 g/mol. The van der Waals surface area contributed by atoms with Gasteiger partial charge in [-0.25, -0.2) is 14.1 Å². The van der Waals surface area contributed by atoms with Gasteiger partial charge in [0.2, 0.25) is 0 Å². The fourth-order valence-electron chi connectivity index (χ4n) is 2.72. The van der Waals surface area contributed by atoms with Gasteiger partial charge < -0.3 is 0 Å². The van der Waals surface area contributed by atoms with E-state index in [4.69, 9.17) is 0 Å². The molecule has 0 saturated carbocycles. The van der Waals surface area contributed by atoms with E-state index >= 15 is 0 Å². The smallest absolute Gasteiger partial charge is 0.298 e. The first kappa shape index (κ1) is 19.7. The average molecular weight is 433 g/mol. The van der Waals surface area contributed by atoms with Gasteiger partial charge in [0, 0.05) is 11.6 Å². The van der Waals surface area contributed by atoms with Crippen LogP contribution in [0.15, 0.2) is 60.2 Å². The first-order chi connectivity index (χ1) is 14.3. The van der Waals surface area contributed by atoms with Crippen molar-refractivity contribution in [2.75, 3.05) is 5.32 Å². The number of aromatic nitrogens is 4. The van der Waals surface area contributed by atoms with E-state index in [1.807, 2.05) is 0 Å². The van der Waals surface area contributed by atoms with Gasteiger partial charge in [0.1, 0.15) is 17.2 Å². The molecule has 3 aromatic heterocycles. The van der Waals surface area contributed by atoms with Crippen LogP contribution in [0.1, 0.15) is 16.1 Å². The van der Waals surface area contributed by atoms with Crippen LogP contribution in [-0.2, 0) is 6.18 Å². The van der Waals surface area contributed by atoms with E-state index in [-0.39, 0.29) is 5.13 Å². The number of para-hydroxylation sites is 1. The van der Waals surface area contributed by atoms with Crippen molar-refractivity contribution in [3.8, 4) is 17.1 Å². The Kier molecular flexibility index (Phi) is 5.04. The molecular formula is C19H11F4N5OS. The van der Waals surface area contributed by atoms with Gasteiger partial charge in [-0.1, -0.05) is 18.2 Å². The number of carbonyl (C=O) groups is 1. The van der Waals surface area contributed by atoms with Crippen LogP contribution in [-0.4, -0.2) is 25.7 Å². The third-order valence-electron chi connectivity index (χ3n) is 4.01. The van der Waals surface area contributed by atoms with Gasteiger partial charge in [-0.3, -0.25) is 15.1 Å². The van der Waals surface area contributed by atoms with Crippen LogP contribution >= 0.6 is 11.3 Å². The zero-order valence-electron chi connectivity index (χ0n) is 14.9. The molecule has 11 heteroatoms. The van der Waals surface area contributed by atoms with Crippen molar-refractivity contribution in [3.05, 3.63) is 77.3 Å². The van der Waals surface area contributed by atoms with Crippen LogP contribution in [0.4, 0.5) is 22.7 Å². The van der Waals surface area contributed by atoms with Gasteiger partial charge in [0.15, 0.2) is 10.8 Å². The minimum atomic E-state index is -4.95. The van der Waals surface area contributed by atoms with Crippen LogP contribution in [0.3, 0.4) is 0 Å². The summed E-state index contributed by atoms with van der Waals surface area (Å²) < 4.78 is 55.5. The molecule has 0 aliphatic carbocycles. The number of pyridine rings is 1. The number of nitrogens with zero attached hydrogens (tertiary/aromatic N) is 4. The second-order valence-electron chi connectivity index (χ2n) is 5.97. The second kappa shape index (κ2) is 7.67. The molecule has 0 radical (unpaired) electrons. The summed E-state index contributed by atoms with van der Waals surface area (Å²) >= 11 is 1.03. The largest absolute Gasteiger partial charge is 0.434 e. The molecule has 1 amide bonds. The standard InChI is InChI=1S/C19H11F4N5OS/c20-12-5-1-2-7-15(12)28-16(19(21,22)23)11(9-25-28)17(29)27-18-26-14(10-30-18)13-6-3-4-8-24-13/h1-10H,(H,26,27,29). The van der Waals surface area contributed by atoms with Crippen LogP contribution in [0.5, 0.6) is 0 Å². The Hall–Kier alpha value is -3.60. The Morgan fingerprint density at radius 3 is 2.53 bits per heavy atom. The van der Waals surface area contributed by atoms with Crippen LogP contribution in [0.2, 0.25) is 0 Å². The summed E-state index contributed by atoms with van der Waals surface area (Å²) in [6.07, 6.45) is -2.63. The number of alkyl halides is 3. The summed E-state index contributed by atoms with van der Waals surface area (Å²) in [5.41, 5.74) is -1.53. The van der Waals surface area contributed by atoms with Crippen molar-refractivity contribution in [1.29, 1.82) is 0 Å². The second-order valence-corrected chi connectivity index (χ2v) is 6.83. The van der Waals surface area contributed by atoms with Crippen molar-refractivity contribution in [2.45, 2.75) is 6.18 Å². The van der Waals surface area contributed by atoms with E-state index < -0.39 is 34.8 Å². The van der Waals surface area contributed by atoms with Gasteiger partial charge in [-0.15, -0.1) is 11.3 Å². The predicted octanol–water partition coefficient (Wildman–Crippen LogP) is 4.80. The number of rotatable bonds is 4. The summed E-state index contributed by atoms with van der Waals surface area (Å²) in [6, 6.07) is 10.0. The number of amides is 1. The lowest BCUT2D eigenvalue weighted by Crippen LogP contribution is -2.21. The molecule has 0 atom stereocenters. The number of hydrogen-bond acceptors (Lipinski definition) is 5. The highest BCUT2D eigenvalue weighted by Gasteiger charge is 2.41. The maximum absolute atomic E-state index is 14.0. The molecule has 0 unspecified atom stereocenters. The zero-order valence-corrected chi connectivity index (χ0v) is 15.7. The molecule has 30 heavy (non-hydrogen) atoms. The van der Waals surface area contributed by atoms with Crippen molar-refractivity contribution in [2.24, 2.45) is 0 Å². The maximum atomic E-state index is 14.0. The Bertz CT molecular complexity index is 1200. The number of nitrogens with one attached hydrogen (secondary N) is 1. The molecule has 1 N–H and O–H groups in total. The predicted molar refractivity (Wildman–Crippen MR) is 102 cm³/mol. The highest BCUT2D eigenvalue weighted by Crippen LogP contribution is 2.34. The van der Waals surface area contributed by atoms with E-state index in [2.05, 4.69) is 20.4 Å². The van der Waals surface area contributed by atoms with Crippen molar-refractivity contribution in [3.63, 3.8) is 0 Å². The Balaban J connectivity index is 1.67. The molecule has 0 aliphatic rings. The van der Waals surface area contributed by atoms with E-state index in [0.717, 1.165) is 29.7 Å². The van der Waals surface area contributed by atoms with E-state index in [1.54, 1.807) is 29.8 Å². The molecule has 3 heterocycles. The molecule has 0 bridgehead atoms. The van der Waals surface area contributed by atoms with Gasteiger partial charge in [-0.2, -0.15) is 18.3 Å². The zero-order chi connectivity index (χ0) is 21.3. The fraction of sp³-hybridized carbons (Fsp3) is 0.0526. The summed E-state index contributed by atoms with van der Waals surface area (Å²) in [4.78, 5) is 20.8. The topological polar surface area (TPSA) is 72.7 Å². The fourth-order valence-corrected chi connectivity index (χ4v) is 3.42. The molecule has 152 valence electrons. The van der Waals surface area contributed by atoms with Crippen LogP contribution in [0.25, 0.3) is 17.1 Å². The minimum absolute atomic E-state index is 0.0902. The number of hydrogen-bond donors (Lipinski definition) is 1. The summed E-state index contributed by atoms with van der Waals surface area (Å²) in [6.45, 7) is 0. The van der Waals surface area contributed by atoms with Crippen molar-refractivity contribution in [1.82, 2.24) is 19.7 Å². The number of thiazole rings is 1. The van der Waals surface area contributed by atoms with Gasteiger partial charge in [0.05, 0.1) is 17.5 Å². The van der Waals surface area contributed by atoms with Gasteiger partial charge >= 0.3 is 6.18 Å². The Labute approximate surface area is 170 Å². The Morgan fingerprint density at radius 2 is 1.83 bits per heavy atom. The van der Waals surface area contributed by atoms with Crippen LogP contribution < -0.4 is 5.32 Å². The molecule has 0 aliphatic heterocycles. The lowest BCUT2D eigenvalue weighted by atomic mass is 10.2.